The molecule has 1 aromatic carbocycles. The fourth-order valence-electron chi connectivity index (χ4n) is 3.76. The van der Waals surface area contributed by atoms with E-state index in [4.69, 9.17) is 0 Å². The Labute approximate surface area is 137 Å². The Hall–Kier alpha value is -1.81. The van der Waals surface area contributed by atoms with Crippen LogP contribution in [0.15, 0.2) is 24.4 Å². The second kappa shape index (κ2) is 7.18. The number of aromatic nitrogens is 1. The molecule has 23 heavy (non-hydrogen) atoms. The van der Waals surface area contributed by atoms with Crippen molar-refractivity contribution in [3.8, 4) is 0 Å². The highest BCUT2D eigenvalue weighted by Gasteiger charge is 2.26. The second-order valence-electron chi connectivity index (χ2n) is 6.59. The third-order valence-electron chi connectivity index (χ3n) is 5.11. The summed E-state index contributed by atoms with van der Waals surface area (Å²) in [5.41, 5.74) is 3.47. The Balaban J connectivity index is 1.70. The number of aliphatic hydroxyl groups is 1. The van der Waals surface area contributed by atoms with Gasteiger partial charge in [0.1, 0.15) is 0 Å². The first kappa shape index (κ1) is 16.1. The topological polar surface area (TPSA) is 65.1 Å². The van der Waals surface area contributed by atoms with Crippen LogP contribution in [-0.2, 0) is 17.6 Å². The standard InChI is InChI=1S/C19H26N2O2/c1-2-13-7-5-8-16-15(11-20-19(13)16)10-18(23)21-17-9-4-3-6-14(17)12-22/h5,7-8,11,14,17,20,22H,2-4,6,9-10,12H2,1H3,(H,21,23). The van der Waals surface area contributed by atoms with E-state index in [9.17, 15) is 9.90 Å². The third kappa shape index (κ3) is 3.42. The minimum absolute atomic E-state index is 0.0538. The van der Waals surface area contributed by atoms with Gasteiger partial charge in [-0.05, 0) is 30.4 Å². The van der Waals surface area contributed by atoms with Gasteiger partial charge >= 0.3 is 0 Å². The predicted molar refractivity (Wildman–Crippen MR) is 92.4 cm³/mol. The number of rotatable bonds is 5. The van der Waals surface area contributed by atoms with Crippen molar-refractivity contribution in [2.75, 3.05) is 6.61 Å². The maximum Gasteiger partial charge on any atom is 0.224 e. The average molecular weight is 314 g/mol. The number of hydrogen-bond acceptors (Lipinski definition) is 2. The third-order valence-corrected chi connectivity index (χ3v) is 5.11. The first-order valence-corrected chi connectivity index (χ1v) is 8.71. The zero-order valence-electron chi connectivity index (χ0n) is 13.8. The van der Waals surface area contributed by atoms with Crippen LogP contribution in [0.4, 0.5) is 0 Å². The molecule has 1 aliphatic rings. The quantitative estimate of drug-likeness (QED) is 0.794. The van der Waals surface area contributed by atoms with Gasteiger partial charge in [0.25, 0.3) is 0 Å². The minimum atomic E-state index is 0.0538. The fourth-order valence-corrected chi connectivity index (χ4v) is 3.76. The van der Waals surface area contributed by atoms with Crippen molar-refractivity contribution in [3.63, 3.8) is 0 Å². The molecule has 1 aliphatic carbocycles. The normalized spacial score (nSPS) is 21.5. The average Bonchev–Trinajstić information content (AvgIpc) is 2.98. The maximum absolute atomic E-state index is 12.4. The van der Waals surface area contributed by atoms with E-state index in [1.165, 1.54) is 5.56 Å². The lowest BCUT2D eigenvalue weighted by molar-refractivity contribution is -0.121. The number of aliphatic hydroxyl groups excluding tert-OH is 1. The Bertz CT molecular complexity index is 677. The van der Waals surface area contributed by atoms with E-state index in [2.05, 4.69) is 35.4 Å². The molecule has 3 N–H and O–H groups in total. The summed E-state index contributed by atoms with van der Waals surface area (Å²) in [4.78, 5) is 15.7. The van der Waals surface area contributed by atoms with Crippen LogP contribution in [0.1, 0.15) is 43.7 Å². The first-order chi connectivity index (χ1) is 11.2. The van der Waals surface area contributed by atoms with Gasteiger partial charge in [0.15, 0.2) is 0 Å². The van der Waals surface area contributed by atoms with Crippen LogP contribution >= 0.6 is 0 Å². The highest BCUT2D eigenvalue weighted by atomic mass is 16.3. The van der Waals surface area contributed by atoms with Crippen molar-refractivity contribution in [1.29, 1.82) is 0 Å². The number of fused-ring (bicyclic) bond motifs is 1. The number of hydrogen-bond donors (Lipinski definition) is 3. The number of carbonyl (C=O) groups excluding carboxylic acids is 1. The lowest BCUT2D eigenvalue weighted by atomic mass is 9.85. The molecular weight excluding hydrogens is 288 g/mol. The molecule has 4 nitrogen and oxygen atoms in total. The van der Waals surface area contributed by atoms with Gasteiger partial charge in [-0.1, -0.05) is 38.0 Å². The highest BCUT2D eigenvalue weighted by Crippen LogP contribution is 2.25. The molecule has 0 aliphatic heterocycles. The molecular formula is C19H26N2O2. The SMILES string of the molecule is CCc1cccc2c(CC(=O)NC3CCCCC3CO)c[nH]c12. The predicted octanol–water partition coefficient (Wildman–Crippen LogP) is 2.94. The van der Waals surface area contributed by atoms with Gasteiger partial charge in [0.05, 0.1) is 6.42 Å². The lowest BCUT2D eigenvalue weighted by Gasteiger charge is -2.30. The van der Waals surface area contributed by atoms with Crippen LogP contribution < -0.4 is 5.32 Å². The fraction of sp³-hybridized carbons (Fsp3) is 0.526. The minimum Gasteiger partial charge on any atom is -0.396 e. The summed E-state index contributed by atoms with van der Waals surface area (Å²) in [6.45, 7) is 2.30. The zero-order chi connectivity index (χ0) is 16.2. The Morgan fingerprint density at radius 2 is 2.13 bits per heavy atom. The van der Waals surface area contributed by atoms with Gasteiger partial charge in [0.2, 0.25) is 5.91 Å². The molecule has 3 rings (SSSR count). The molecule has 0 spiro atoms. The van der Waals surface area contributed by atoms with Crippen LogP contribution in [0.2, 0.25) is 0 Å². The summed E-state index contributed by atoms with van der Waals surface area (Å²) >= 11 is 0. The van der Waals surface area contributed by atoms with Gasteiger partial charge in [-0.25, -0.2) is 0 Å². The van der Waals surface area contributed by atoms with Gasteiger partial charge in [-0.15, -0.1) is 0 Å². The van der Waals surface area contributed by atoms with Crippen LogP contribution in [0.25, 0.3) is 10.9 Å². The lowest BCUT2D eigenvalue weighted by Crippen LogP contribution is -2.44. The van der Waals surface area contributed by atoms with Crippen molar-refractivity contribution in [1.82, 2.24) is 10.3 Å². The molecule has 0 saturated heterocycles. The molecule has 124 valence electrons. The molecule has 0 radical (unpaired) electrons. The van der Waals surface area contributed by atoms with Crippen LogP contribution in [-0.4, -0.2) is 28.6 Å². The van der Waals surface area contributed by atoms with Crippen molar-refractivity contribution < 1.29 is 9.90 Å². The van der Waals surface area contributed by atoms with E-state index < -0.39 is 0 Å². The van der Waals surface area contributed by atoms with Crippen molar-refractivity contribution in [3.05, 3.63) is 35.5 Å². The number of benzene rings is 1. The Morgan fingerprint density at radius 1 is 1.30 bits per heavy atom. The first-order valence-electron chi connectivity index (χ1n) is 8.71. The van der Waals surface area contributed by atoms with E-state index in [1.807, 2.05) is 6.20 Å². The molecule has 1 aromatic heterocycles. The van der Waals surface area contributed by atoms with E-state index in [0.717, 1.165) is 48.6 Å². The summed E-state index contributed by atoms with van der Waals surface area (Å²) in [6.07, 6.45) is 7.59. The molecule has 0 bridgehead atoms. The van der Waals surface area contributed by atoms with E-state index in [-0.39, 0.29) is 24.5 Å². The number of amides is 1. The van der Waals surface area contributed by atoms with Crippen LogP contribution in [0.5, 0.6) is 0 Å². The van der Waals surface area contributed by atoms with Gasteiger partial charge < -0.3 is 15.4 Å². The Kier molecular flexibility index (Phi) is 5.01. The van der Waals surface area contributed by atoms with E-state index in [1.54, 1.807) is 0 Å². The van der Waals surface area contributed by atoms with Crippen LogP contribution in [0.3, 0.4) is 0 Å². The Morgan fingerprint density at radius 3 is 2.91 bits per heavy atom. The number of aromatic amines is 1. The molecule has 2 unspecified atom stereocenters. The maximum atomic E-state index is 12.4. The molecule has 1 amide bonds. The number of nitrogens with one attached hydrogen (secondary N) is 2. The number of para-hydroxylation sites is 1. The molecule has 2 aromatic rings. The summed E-state index contributed by atoms with van der Waals surface area (Å²) in [7, 11) is 0. The van der Waals surface area contributed by atoms with Crippen LogP contribution in [0, 0.1) is 5.92 Å². The van der Waals surface area contributed by atoms with E-state index >= 15 is 0 Å². The molecule has 1 heterocycles. The zero-order valence-corrected chi connectivity index (χ0v) is 13.8. The summed E-state index contributed by atoms with van der Waals surface area (Å²) in [5.74, 6) is 0.264. The molecule has 4 heteroatoms. The summed E-state index contributed by atoms with van der Waals surface area (Å²) in [6, 6.07) is 6.37. The largest absolute Gasteiger partial charge is 0.396 e. The summed E-state index contributed by atoms with van der Waals surface area (Å²) < 4.78 is 0. The van der Waals surface area contributed by atoms with E-state index in [0.29, 0.717) is 6.42 Å². The molecule has 1 saturated carbocycles. The highest BCUT2D eigenvalue weighted by molar-refractivity contribution is 5.90. The smallest absolute Gasteiger partial charge is 0.224 e. The van der Waals surface area contributed by atoms with Crippen molar-refractivity contribution in [2.45, 2.75) is 51.5 Å². The van der Waals surface area contributed by atoms with Crippen molar-refractivity contribution in [2.24, 2.45) is 5.92 Å². The molecule has 2 atom stereocenters. The van der Waals surface area contributed by atoms with Gasteiger partial charge in [0, 0.05) is 35.7 Å². The number of H-pyrrole nitrogens is 1. The molecule has 1 fully saturated rings. The number of aryl methyl sites for hydroxylation is 1. The van der Waals surface area contributed by atoms with Gasteiger partial charge in [-0.3, -0.25) is 4.79 Å². The monoisotopic (exact) mass is 314 g/mol. The van der Waals surface area contributed by atoms with Crippen molar-refractivity contribution >= 4 is 16.8 Å². The number of carbonyl (C=O) groups is 1. The summed E-state index contributed by atoms with van der Waals surface area (Å²) in [5, 5.41) is 13.8. The van der Waals surface area contributed by atoms with Gasteiger partial charge in [-0.2, -0.15) is 0 Å². The second-order valence-corrected chi connectivity index (χ2v) is 6.59.